The fraction of sp³-hybridized carbons (Fsp3) is 0.188. The van der Waals surface area contributed by atoms with Gasteiger partial charge in [0.15, 0.2) is 0 Å². The molecule has 0 saturated heterocycles. The van der Waals surface area contributed by atoms with Crippen molar-refractivity contribution in [1.29, 1.82) is 0 Å². The second kappa shape index (κ2) is 7.40. The molecule has 0 saturated carbocycles. The molecule has 0 amide bonds. The largest absolute Gasteiger partial charge is 0.497 e. The lowest BCUT2D eigenvalue weighted by molar-refractivity contribution is -0.385. The molecule has 2 rings (SSSR count). The minimum atomic E-state index is -4.35. The Labute approximate surface area is 149 Å². The minimum Gasteiger partial charge on any atom is -0.497 e. The first kappa shape index (κ1) is 19.2. The highest BCUT2D eigenvalue weighted by atomic mass is 32.2. The number of anilines is 1. The van der Waals surface area contributed by atoms with E-state index in [9.17, 15) is 23.3 Å². The number of aryl methyl sites for hydroxylation is 1. The van der Waals surface area contributed by atoms with Crippen LogP contribution in [0.4, 0.5) is 11.4 Å². The summed E-state index contributed by atoms with van der Waals surface area (Å²) in [5, 5.41) is 20.1. The monoisotopic (exact) mass is 380 g/mol. The van der Waals surface area contributed by atoms with Crippen LogP contribution in [0.3, 0.4) is 0 Å². The summed E-state index contributed by atoms with van der Waals surface area (Å²) in [4.78, 5) is 21.1. The Hall–Kier alpha value is -3.14. The van der Waals surface area contributed by atoms with Gasteiger partial charge in [-0.3, -0.25) is 19.2 Å². The van der Waals surface area contributed by atoms with E-state index in [1.807, 2.05) is 0 Å². The first-order valence-corrected chi connectivity index (χ1v) is 8.74. The summed E-state index contributed by atoms with van der Waals surface area (Å²) < 4.78 is 31.7. The number of benzene rings is 2. The van der Waals surface area contributed by atoms with Crippen molar-refractivity contribution in [3.05, 3.63) is 58.1 Å². The van der Waals surface area contributed by atoms with Crippen molar-refractivity contribution in [2.75, 3.05) is 18.0 Å². The van der Waals surface area contributed by atoms with Gasteiger partial charge in [-0.25, -0.2) is 8.42 Å². The van der Waals surface area contributed by atoms with E-state index >= 15 is 0 Å². The van der Waals surface area contributed by atoms with Gasteiger partial charge in [-0.1, -0.05) is 6.07 Å². The number of carboxylic acid groups (broad SMARTS) is 1. The number of nitro benzene ring substituents is 1. The van der Waals surface area contributed by atoms with Gasteiger partial charge in [-0.2, -0.15) is 0 Å². The molecule has 9 nitrogen and oxygen atoms in total. The number of aliphatic carboxylic acids is 1. The molecule has 26 heavy (non-hydrogen) atoms. The molecule has 1 N–H and O–H groups in total. The van der Waals surface area contributed by atoms with Gasteiger partial charge in [-0.05, 0) is 36.8 Å². The second-order valence-corrected chi connectivity index (χ2v) is 7.14. The Balaban J connectivity index is 2.60. The summed E-state index contributed by atoms with van der Waals surface area (Å²) in [5.41, 5.74) is -0.0437. The van der Waals surface area contributed by atoms with Crippen LogP contribution in [0.1, 0.15) is 5.56 Å². The maximum absolute atomic E-state index is 13.0. The zero-order chi connectivity index (χ0) is 19.5. The lowest BCUT2D eigenvalue weighted by atomic mass is 10.2. The van der Waals surface area contributed by atoms with Crippen LogP contribution in [-0.2, 0) is 14.8 Å². The van der Waals surface area contributed by atoms with Gasteiger partial charge < -0.3 is 9.84 Å². The predicted octanol–water partition coefficient (Wildman–Crippen LogP) is 2.19. The van der Waals surface area contributed by atoms with Crippen LogP contribution in [0.15, 0.2) is 47.4 Å². The number of hydrogen-bond donors (Lipinski definition) is 1. The highest BCUT2D eigenvalue weighted by Crippen LogP contribution is 2.29. The number of non-ortho nitro benzene ring substituents is 1. The molecule has 0 unspecified atom stereocenters. The van der Waals surface area contributed by atoms with Gasteiger partial charge in [0.25, 0.3) is 15.7 Å². The van der Waals surface area contributed by atoms with Crippen molar-refractivity contribution < 1.29 is 28.0 Å². The third kappa shape index (κ3) is 3.91. The molecule has 10 heteroatoms. The predicted molar refractivity (Wildman–Crippen MR) is 93.0 cm³/mol. The van der Waals surface area contributed by atoms with Crippen LogP contribution in [0.5, 0.6) is 5.75 Å². The number of methoxy groups -OCH3 is 1. The molecule has 2 aromatic carbocycles. The van der Waals surface area contributed by atoms with E-state index in [2.05, 4.69) is 0 Å². The van der Waals surface area contributed by atoms with Crippen molar-refractivity contribution in [2.45, 2.75) is 11.8 Å². The van der Waals surface area contributed by atoms with Crippen molar-refractivity contribution in [2.24, 2.45) is 0 Å². The number of hydrogen-bond acceptors (Lipinski definition) is 6. The molecule has 0 fully saturated rings. The number of carboxylic acids is 1. The molecule has 0 aliphatic carbocycles. The number of ether oxygens (including phenoxy) is 1. The molecule has 0 atom stereocenters. The van der Waals surface area contributed by atoms with Gasteiger partial charge in [0.05, 0.1) is 22.6 Å². The van der Waals surface area contributed by atoms with E-state index in [0.717, 1.165) is 6.07 Å². The molecule has 0 aliphatic heterocycles. The normalized spacial score (nSPS) is 11.0. The van der Waals surface area contributed by atoms with E-state index in [1.165, 1.54) is 50.4 Å². The van der Waals surface area contributed by atoms with Crippen LogP contribution in [0.2, 0.25) is 0 Å². The second-order valence-electron chi connectivity index (χ2n) is 5.31. The average Bonchev–Trinajstić information content (AvgIpc) is 2.59. The Bertz CT molecular complexity index is 940. The minimum absolute atomic E-state index is 0.0964. The van der Waals surface area contributed by atoms with Crippen LogP contribution < -0.4 is 9.04 Å². The molecule has 0 aliphatic rings. The van der Waals surface area contributed by atoms with Crippen LogP contribution in [0, 0.1) is 17.0 Å². The maximum Gasteiger partial charge on any atom is 0.324 e. The van der Waals surface area contributed by atoms with E-state index in [1.54, 1.807) is 0 Å². The molecular formula is C16H16N2O7S. The first-order valence-electron chi connectivity index (χ1n) is 7.30. The highest BCUT2D eigenvalue weighted by Gasteiger charge is 2.30. The van der Waals surface area contributed by atoms with Crippen molar-refractivity contribution >= 4 is 27.4 Å². The van der Waals surface area contributed by atoms with Crippen LogP contribution in [0.25, 0.3) is 0 Å². The topological polar surface area (TPSA) is 127 Å². The molecular weight excluding hydrogens is 364 g/mol. The number of sulfonamides is 1. The van der Waals surface area contributed by atoms with Gasteiger partial charge in [0.1, 0.15) is 12.3 Å². The standard InChI is InChI=1S/C16H16N2O7S/c1-11-3-4-13(18(21)22)9-15(11)26(23,24)17(10-16(19)20)12-5-7-14(25-2)8-6-12/h3-9H,10H2,1-2H3,(H,19,20). The van der Waals surface area contributed by atoms with Gasteiger partial charge in [0, 0.05) is 12.1 Å². The van der Waals surface area contributed by atoms with E-state index < -0.39 is 33.1 Å². The molecule has 0 radical (unpaired) electrons. The summed E-state index contributed by atoms with van der Waals surface area (Å²) in [6.45, 7) is 0.639. The summed E-state index contributed by atoms with van der Waals surface area (Å²) in [5.74, 6) is -0.902. The Morgan fingerprint density at radius 2 is 1.85 bits per heavy atom. The molecule has 0 heterocycles. The lowest BCUT2D eigenvalue weighted by Gasteiger charge is -2.23. The summed E-state index contributed by atoms with van der Waals surface area (Å²) in [6.07, 6.45) is 0. The number of carbonyl (C=O) groups is 1. The van der Waals surface area contributed by atoms with Crippen molar-refractivity contribution in [1.82, 2.24) is 0 Å². The highest BCUT2D eigenvalue weighted by molar-refractivity contribution is 7.93. The Kier molecular flexibility index (Phi) is 5.46. The van der Waals surface area contributed by atoms with E-state index in [-0.39, 0.29) is 16.1 Å². The third-order valence-corrected chi connectivity index (χ3v) is 5.51. The van der Waals surface area contributed by atoms with Gasteiger partial charge >= 0.3 is 5.97 Å². The molecule has 138 valence electrons. The summed E-state index contributed by atoms with van der Waals surface area (Å²) in [7, 11) is -2.91. The molecule has 0 aromatic heterocycles. The van der Waals surface area contributed by atoms with Crippen LogP contribution >= 0.6 is 0 Å². The lowest BCUT2D eigenvalue weighted by Crippen LogP contribution is -2.36. The molecule has 0 spiro atoms. The van der Waals surface area contributed by atoms with Crippen molar-refractivity contribution in [3.8, 4) is 5.75 Å². The smallest absolute Gasteiger partial charge is 0.324 e. The zero-order valence-corrected chi connectivity index (χ0v) is 14.8. The first-order chi connectivity index (χ1) is 12.2. The Morgan fingerprint density at radius 1 is 1.23 bits per heavy atom. The van der Waals surface area contributed by atoms with Crippen molar-refractivity contribution in [3.63, 3.8) is 0 Å². The quantitative estimate of drug-likeness (QED) is 0.576. The van der Waals surface area contributed by atoms with Crippen LogP contribution in [-0.4, -0.2) is 38.1 Å². The number of rotatable bonds is 7. The fourth-order valence-electron chi connectivity index (χ4n) is 2.29. The van der Waals surface area contributed by atoms with Gasteiger partial charge in [-0.15, -0.1) is 0 Å². The van der Waals surface area contributed by atoms with E-state index in [4.69, 9.17) is 9.84 Å². The zero-order valence-electron chi connectivity index (χ0n) is 13.9. The third-order valence-electron chi connectivity index (χ3n) is 3.59. The number of nitro groups is 1. The van der Waals surface area contributed by atoms with Gasteiger partial charge in [0.2, 0.25) is 0 Å². The summed E-state index contributed by atoms with van der Waals surface area (Å²) in [6, 6.07) is 9.17. The Morgan fingerprint density at radius 3 is 2.35 bits per heavy atom. The summed E-state index contributed by atoms with van der Waals surface area (Å²) >= 11 is 0. The maximum atomic E-state index is 13.0. The molecule has 0 bridgehead atoms. The SMILES string of the molecule is COc1ccc(N(CC(=O)O)S(=O)(=O)c2cc([N+](=O)[O-])ccc2C)cc1. The van der Waals surface area contributed by atoms with E-state index in [0.29, 0.717) is 10.1 Å². The average molecular weight is 380 g/mol. The molecule has 2 aromatic rings. The number of nitrogens with zero attached hydrogens (tertiary/aromatic N) is 2. The fourth-order valence-corrected chi connectivity index (χ4v) is 3.95.